The summed E-state index contributed by atoms with van der Waals surface area (Å²) >= 11 is 6.55. The van der Waals surface area contributed by atoms with Crippen LogP contribution in [0.5, 0.6) is 0 Å². The number of aryl methyl sites for hydroxylation is 1. The van der Waals surface area contributed by atoms with Gasteiger partial charge in [0.05, 0.1) is 0 Å². The van der Waals surface area contributed by atoms with Crippen LogP contribution in [-0.4, -0.2) is 5.78 Å². The van der Waals surface area contributed by atoms with Crippen LogP contribution >= 0.6 is 31.9 Å². The van der Waals surface area contributed by atoms with E-state index in [0.29, 0.717) is 15.6 Å². The van der Waals surface area contributed by atoms with Crippen LogP contribution in [0, 0.1) is 12.7 Å². The first kappa shape index (κ1) is 14.4. The number of benzene rings is 2. The third kappa shape index (κ3) is 3.51. The standard InChI is InChI=1S/C15H11Br2FO/c1-9-6-11(16)4-5-13(9)15(19)7-10-2-3-12(17)8-14(10)18/h2-6,8H,7H2,1H3. The highest BCUT2D eigenvalue weighted by atomic mass is 79.9. The Kier molecular flexibility index (Phi) is 4.53. The molecule has 0 aromatic heterocycles. The zero-order chi connectivity index (χ0) is 14.0. The van der Waals surface area contributed by atoms with Crippen LogP contribution in [0.15, 0.2) is 45.3 Å². The van der Waals surface area contributed by atoms with Crippen LogP contribution in [0.25, 0.3) is 0 Å². The molecule has 2 aromatic rings. The highest BCUT2D eigenvalue weighted by Gasteiger charge is 2.13. The zero-order valence-electron chi connectivity index (χ0n) is 10.2. The molecule has 1 nitrogen and oxygen atoms in total. The average Bonchev–Trinajstić information content (AvgIpc) is 2.32. The number of rotatable bonds is 3. The first-order valence-electron chi connectivity index (χ1n) is 5.70. The quantitative estimate of drug-likeness (QED) is 0.673. The molecule has 0 saturated carbocycles. The minimum absolute atomic E-state index is 0.0710. The second kappa shape index (κ2) is 5.97. The molecule has 0 unspecified atom stereocenters. The summed E-state index contributed by atoms with van der Waals surface area (Å²) in [6.45, 7) is 1.87. The fourth-order valence-corrected chi connectivity index (χ4v) is 2.68. The molecule has 2 rings (SSSR count). The molecule has 0 aliphatic heterocycles. The van der Waals surface area contributed by atoms with E-state index < -0.39 is 0 Å². The summed E-state index contributed by atoms with van der Waals surface area (Å²) in [6, 6.07) is 10.2. The summed E-state index contributed by atoms with van der Waals surface area (Å²) in [4.78, 5) is 12.2. The predicted molar refractivity (Wildman–Crippen MR) is 81.0 cm³/mol. The molecule has 0 aliphatic carbocycles. The Morgan fingerprint density at radius 1 is 1.11 bits per heavy atom. The summed E-state index contributed by atoms with van der Waals surface area (Å²) < 4.78 is 15.3. The molecule has 0 spiro atoms. The summed E-state index contributed by atoms with van der Waals surface area (Å²) in [5.74, 6) is -0.441. The van der Waals surface area contributed by atoms with Crippen molar-refractivity contribution in [2.45, 2.75) is 13.3 Å². The van der Waals surface area contributed by atoms with Crippen LogP contribution in [0.2, 0.25) is 0 Å². The van der Waals surface area contributed by atoms with E-state index in [0.717, 1.165) is 10.0 Å². The Morgan fingerprint density at radius 3 is 2.37 bits per heavy atom. The van der Waals surface area contributed by atoms with Crippen molar-refractivity contribution in [3.8, 4) is 0 Å². The number of carbonyl (C=O) groups is 1. The minimum Gasteiger partial charge on any atom is -0.294 e. The maximum Gasteiger partial charge on any atom is 0.167 e. The number of halogens is 3. The predicted octanol–water partition coefficient (Wildman–Crippen LogP) is 5.08. The second-order valence-corrected chi connectivity index (χ2v) is 6.13. The Hall–Kier alpha value is -1.00. The van der Waals surface area contributed by atoms with Crippen LogP contribution < -0.4 is 0 Å². The number of Topliss-reactive ketones (excluding diaryl/α,β-unsaturated/α-hetero) is 1. The molecule has 2 aromatic carbocycles. The lowest BCUT2D eigenvalue weighted by atomic mass is 9.99. The van der Waals surface area contributed by atoms with Crippen molar-refractivity contribution in [1.29, 1.82) is 0 Å². The Balaban J connectivity index is 2.25. The van der Waals surface area contributed by atoms with E-state index in [2.05, 4.69) is 31.9 Å². The molecular weight excluding hydrogens is 375 g/mol. The Bertz CT molecular complexity index is 638. The van der Waals surface area contributed by atoms with Crippen LogP contribution in [0.1, 0.15) is 21.5 Å². The monoisotopic (exact) mass is 384 g/mol. The maximum atomic E-state index is 13.7. The van der Waals surface area contributed by atoms with E-state index in [9.17, 15) is 9.18 Å². The van der Waals surface area contributed by atoms with E-state index in [1.54, 1.807) is 18.2 Å². The van der Waals surface area contributed by atoms with Crippen molar-refractivity contribution in [3.05, 3.63) is 67.9 Å². The molecule has 98 valence electrons. The van der Waals surface area contributed by atoms with Gasteiger partial charge in [0, 0.05) is 20.9 Å². The van der Waals surface area contributed by atoms with Crippen LogP contribution in [0.3, 0.4) is 0 Å². The highest BCUT2D eigenvalue weighted by molar-refractivity contribution is 9.10. The van der Waals surface area contributed by atoms with Crippen molar-refractivity contribution >= 4 is 37.6 Å². The fraction of sp³-hybridized carbons (Fsp3) is 0.133. The van der Waals surface area contributed by atoms with Gasteiger partial charge in [0.1, 0.15) is 5.82 Å². The average molecular weight is 386 g/mol. The molecule has 4 heteroatoms. The van der Waals surface area contributed by atoms with Crippen LogP contribution in [-0.2, 0) is 6.42 Å². The molecule has 0 bridgehead atoms. The molecule has 0 saturated heterocycles. The molecule has 0 aliphatic rings. The van der Waals surface area contributed by atoms with Gasteiger partial charge in [-0.15, -0.1) is 0 Å². The van der Waals surface area contributed by atoms with Gasteiger partial charge in [-0.05, 0) is 42.3 Å². The largest absolute Gasteiger partial charge is 0.294 e. The minimum atomic E-state index is -0.363. The van der Waals surface area contributed by atoms with Crippen molar-refractivity contribution in [3.63, 3.8) is 0 Å². The third-order valence-corrected chi connectivity index (χ3v) is 3.84. The van der Waals surface area contributed by atoms with Gasteiger partial charge < -0.3 is 0 Å². The fourth-order valence-electron chi connectivity index (χ4n) is 1.87. The Labute approximate surface area is 128 Å². The maximum absolute atomic E-state index is 13.7. The molecular formula is C15H11Br2FO. The first-order valence-corrected chi connectivity index (χ1v) is 7.29. The van der Waals surface area contributed by atoms with Crippen LogP contribution in [0.4, 0.5) is 4.39 Å². The summed E-state index contributed by atoms with van der Waals surface area (Å²) in [5, 5.41) is 0. The topological polar surface area (TPSA) is 17.1 Å². The van der Waals surface area contributed by atoms with E-state index >= 15 is 0 Å². The van der Waals surface area contributed by atoms with Crippen molar-refractivity contribution < 1.29 is 9.18 Å². The number of ketones is 1. The second-order valence-electron chi connectivity index (χ2n) is 4.29. The van der Waals surface area contributed by atoms with Crippen molar-refractivity contribution in [2.24, 2.45) is 0 Å². The number of carbonyl (C=O) groups excluding carboxylic acids is 1. The molecule has 0 heterocycles. The van der Waals surface area contributed by atoms with E-state index in [1.807, 2.05) is 19.1 Å². The summed E-state index contributed by atoms with van der Waals surface area (Å²) in [5.41, 5.74) is 1.93. The van der Waals surface area contributed by atoms with Gasteiger partial charge in [-0.25, -0.2) is 4.39 Å². The lowest BCUT2D eigenvalue weighted by Gasteiger charge is -2.07. The molecule has 0 radical (unpaired) electrons. The van der Waals surface area contributed by atoms with Gasteiger partial charge in [0.25, 0.3) is 0 Å². The summed E-state index contributed by atoms with van der Waals surface area (Å²) in [7, 11) is 0. The van der Waals surface area contributed by atoms with Gasteiger partial charge in [0.15, 0.2) is 5.78 Å². The third-order valence-electron chi connectivity index (χ3n) is 2.85. The normalized spacial score (nSPS) is 10.5. The van der Waals surface area contributed by atoms with Gasteiger partial charge in [0.2, 0.25) is 0 Å². The molecule has 0 atom stereocenters. The Morgan fingerprint density at radius 2 is 1.74 bits per heavy atom. The van der Waals surface area contributed by atoms with Gasteiger partial charge in [-0.2, -0.15) is 0 Å². The van der Waals surface area contributed by atoms with Crippen molar-refractivity contribution in [2.75, 3.05) is 0 Å². The number of hydrogen-bond donors (Lipinski definition) is 0. The lowest BCUT2D eigenvalue weighted by molar-refractivity contribution is 0.0991. The van der Waals surface area contributed by atoms with Crippen molar-refractivity contribution in [1.82, 2.24) is 0 Å². The zero-order valence-corrected chi connectivity index (χ0v) is 13.4. The lowest BCUT2D eigenvalue weighted by Crippen LogP contribution is -2.07. The first-order chi connectivity index (χ1) is 8.97. The molecule has 0 fully saturated rings. The van der Waals surface area contributed by atoms with E-state index in [4.69, 9.17) is 0 Å². The summed E-state index contributed by atoms with van der Waals surface area (Å²) in [6.07, 6.45) is 0.0710. The van der Waals surface area contributed by atoms with Gasteiger partial charge >= 0.3 is 0 Å². The van der Waals surface area contributed by atoms with Gasteiger partial charge in [-0.3, -0.25) is 4.79 Å². The molecule has 0 N–H and O–H groups in total. The van der Waals surface area contributed by atoms with Gasteiger partial charge in [-0.1, -0.05) is 44.0 Å². The smallest absolute Gasteiger partial charge is 0.167 e. The highest BCUT2D eigenvalue weighted by Crippen LogP contribution is 2.20. The SMILES string of the molecule is Cc1cc(Br)ccc1C(=O)Cc1ccc(Br)cc1F. The van der Waals surface area contributed by atoms with E-state index in [-0.39, 0.29) is 18.0 Å². The van der Waals surface area contributed by atoms with E-state index in [1.165, 1.54) is 6.07 Å². The molecule has 0 amide bonds. The number of hydrogen-bond acceptors (Lipinski definition) is 1. The molecule has 19 heavy (non-hydrogen) atoms.